The number of esters is 3. The van der Waals surface area contributed by atoms with Crippen molar-refractivity contribution in [3.8, 4) is 0 Å². The van der Waals surface area contributed by atoms with Gasteiger partial charge in [0.2, 0.25) is 0 Å². The maximum atomic E-state index is 13.0. The van der Waals surface area contributed by atoms with E-state index in [4.69, 9.17) is 32.3 Å². The Bertz CT molecular complexity index is 2540. The molecule has 0 fully saturated rings. The third kappa shape index (κ3) is 80.0. The van der Waals surface area contributed by atoms with Crippen LogP contribution in [-0.4, -0.2) is 95.9 Å². The summed E-state index contributed by atoms with van der Waals surface area (Å²) in [6.45, 7) is 2.41. The Morgan fingerprint density at radius 2 is 0.505 bits per heavy atom. The summed E-state index contributed by atoms with van der Waals surface area (Å²) in [5.74, 6) is -1.60. The summed E-state index contributed by atoms with van der Waals surface area (Å²) in [5.41, 5.74) is 0. The molecule has 0 aliphatic carbocycles. The summed E-state index contributed by atoms with van der Waals surface area (Å²) >= 11 is 0. The molecule has 0 aliphatic heterocycles. The molecule has 16 nitrogen and oxygen atoms in total. The summed E-state index contributed by atoms with van der Waals surface area (Å²) < 4.78 is 61.2. The number of aliphatic hydroxyl groups excluding tert-OH is 2. The number of hydrogen-bond donors (Lipinski definition) is 4. The molecule has 0 radical (unpaired) electrons. The van der Waals surface area contributed by atoms with Crippen molar-refractivity contribution in [3.63, 3.8) is 0 Å². The van der Waals surface area contributed by atoms with E-state index in [-0.39, 0.29) is 19.3 Å². The topological polar surface area (TPSA) is 231 Å². The van der Waals surface area contributed by atoms with Crippen molar-refractivity contribution >= 4 is 33.6 Å². The third-order valence-electron chi connectivity index (χ3n) is 16.7. The fourth-order valence-corrected chi connectivity index (χ4v) is 12.2. The average molecular weight is 1510 g/mol. The Morgan fingerprint density at radius 3 is 0.800 bits per heavy atom. The summed E-state index contributed by atoms with van der Waals surface area (Å²) in [7, 11) is -9.81. The molecule has 0 spiro atoms. The van der Waals surface area contributed by atoms with Gasteiger partial charge in [-0.2, -0.15) is 0 Å². The zero-order chi connectivity index (χ0) is 76.6. The first kappa shape index (κ1) is 100. The second-order valence-electron chi connectivity index (χ2n) is 26.8. The van der Waals surface area contributed by atoms with Crippen LogP contribution >= 0.6 is 15.6 Å². The highest BCUT2D eigenvalue weighted by Crippen LogP contribution is 2.45. The van der Waals surface area contributed by atoms with Gasteiger partial charge < -0.3 is 34.2 Å². The normalized spacial score (nSPS) is 14.8. The van der Waals surface area contributed by atoms with Gasteiger partial charge in [-0.1, -0.05) is 307 Å². The Kier molecular flexibility index (Phi) is 75.1. The number of carbonyl (C=O) groups is 3. The van der Waals surface area contributed by atoms with E-state index in [1.54, 1.807) is 0 Å². The van der Waals surface area contributed by atoms with E-state index >= 15 is 0 Å². The first-order valence-corrected chi connectivity index (χ1v) is 43.8. The molecule has 0 aliphatic rings. The standard InChI is InChI=1S/C87H146O16P2/c1-4-7-10-13-16-19-22-25-28-31-33-35-37-39-40-42-44-45-47-50-52-55-58-61-64-67-70-73-85(90)97-76-82(88)77-99-104(93,94)100-78-83(89)79-101-105(95,96)102-81-84(103-87(92)75-72-69-66-63-60-57-54-49-30-27-24-21-18-15-12-9-6-3)80-98-86(91)74-71-68-65-62-59-56-53-51-48-46-43-41-38-36-34-32-29-26-23-20-17-14-11-8-5-2/h7,9-10,12,16-21,25-30,33-36,39-41,43-45,82-84,88-89H,4-6,8,11,13-15,22-24,31-32,37-38,42,46-81H2,1-3H3,(H,93,94)(H,95,96)/b10-7-,12-9-,19-16-,20-17-,21-18-,28-25-,29-26-,30-27-,35-33-,36-34-,40-39-,43-41-,45-44-. The van der Waals surface area contributed by atoms with Crippen molar-refractivity contribution in [3.05, 3.63) is 158 Å². The number of phosphoric acid groups is 2. The van der Waals surface area contributed by atoms with Gasteiger partial charge in [0.05, 0.1) is 26.4 Å². The van der Waals surface area contributed by atoms with Gasteiger partial charge in [0.15, 0.2) is 6.10 Å². The van der Waals surface area contributed by atoms with Gasteiger partial charge >= 0.3 is 33.6 Å². The molecule has 105 heavy (non-hydrogen) atoms. The first-order chi connectivity index (χ1) is 51.2. The molecule has 18 heteroatoms. The van der Waals surface area contributed by atoms with E-state index in [2.05, 4.69) is 179 Å². The minimum Gasteiger partial charge on any atom is -0.463 e. The van der Waals surface area contributed by atoms with Gasteiger partial charge in [-0.3, -0.25) is 32.5 Å². The maximum Gasteiger partial charge on any atom is 0.472 e. The molecule has 0 heterocycles. The van der Waals surface area contributed by atoms with Gasteiger partial charge in [0.25, 0.3) is 0 Å². The number of ether oxygens (including phenoxy) is 3. The van der Waals surface area contributed by atoms with Gasteiger partial charge in [0.1, 0.15) is 25.4 Å². The van der Waals surface area contributed by atoms with Crippen molar-refractivity contribution in [2.75, 3.05) is 39.6 Å². The number of phosphoric ester groups is 2. The molecule has 0 amide bonds. The number of carbonyl (C=O) groups excluding carboxylic acids is 3. The second kappa shape index (κ2) is 78.7. The van der Waals surface area contributed by atoms with Crippen LogP contribution in [0.5, 0.6) is 0 Å². The predicted molar refractivity (Wildman–Crippen MR) is 435 cm³/mol. The molecule has 0 aromatic heterocycles. The quantitative estimate of drug-likeness (QED) is 0.0146. The molecule has 0 rings (SSSR count). The molecule has 0 aromatic rings. The number of hydrogen-bond acceptors (Lipinski definition) is 14. The Hall–Kier alpha value is -4.83. The molecule has 4 N–H and O–H groups in total. The molecule has 5 unspecified atom stereocenters. The van der Waals surface area contributed by atoms with Gasteiger partial charge in [0, 0.05) is 19.3 Å². The molecule has 5 atom stereocenters. The van der Waals surface area contributed by atoms with E-state index < -0.39 is 91.5 Å². The lowest BCUT2D eigenvalue weighted by Crippen LogP contribution is -2.30. The lowest BCUT2D eigenvalue weighted by Gasteiger charge is -2.21. The van der Waals surface area contributed by atoms with E-state index in [9.17, 15) is 43.5 Å². The van der Waals surface area contributed by atoms with Crippen LogP contribution in [0.2, 0.25) is 0 Å². The van der Waals surface area contributed by atoms with E-state index in [1.165, 1.54) is 70.6 Å². The number of unbranched alkanes of at least 4 members (excludes halogenated alkanes) is 27. The van der Waals surface area contributed by atoms with Crippen LogP contribution in [0.1, 0.15) is 316 Å². The van der Waals surface area contributed by atoms with Crippen molar-refractivity contribution in [1.82, 2.24) is 0 Å². The van der Waals surface area contributed by atoms with E-state index in [1.807, 2.05) is 0 Å². The van der Waals surface area contributed by atoms with Crippen LogP contribution < -0.4 is 0 Å². The minimum absolute atomic E-state index is 0.0877. The van der Waals surface area contributed by atoms with Crippen LogP contribution in [0, 0.1) is 0 Å². The van der Waals surface area contributed by atoms with Crippen LogP contribution in [-0.2, 0) is 55.8 Å². The van der Waals surface area contributed by atoms with Crippen molar-refractivity contribution in [1.29, 1.82) is 0 Å². The second-order valence-corrected chi connectivity index (χ2v) is 29.7. The highest BCUT2D eigenvalue weighted by molar-refractivity contribution is 7.47. The van der Waals surface area contributed by atoms with Crippen LogP contribution in [0.4, 0.5) is 0 Å². The molecule has 0 bridgehead atoms. The summed E-state index contributed by atoms with van der Waals surface area (Å²) in [4.78, 5) is 58.8. The first-order valence-electron chi connectivity index (χ1n) is 40.8. The van der Waals surface area contributed by atoms with E-state index in [0.29, 0.717) is 19.3 Å². The minimum atomic E-state index is -4.94. The Morgan fingerprint density at radius 1 is 0.276 bits per heavy atom. The monoisotopic (exact) mass is 1510 g/mol. The zero-order valence-corrected chi connectivity index (χ0v) is 67.4. The predicted octanol–water partition coefficient (Wildman–Crippen LogP) is 24.2. The maximum absolute atomic E-state index is 13.0. The molecule has 0 aromatic carbocycles. The Labute approximate surface area is 638 Å². The summed E-state index contributed by atoms with van der Waals surface area (Å²) in [6, 6.07) is 0. The summed E-state index contributed by atoms with van der Waals surface area (Å²) in [6.07, 6.45) is 98.5. The largest absolute Gasteiger partial charge is 0.472 e. The SMILES string of the molecule is CC/C=C\C/C=C\C/C=C\C/C=C\C/C=C\C/C=C\CCCCCCCCCCC(=O)OCC(O)COP(=O)(O)OCC(O)COP(=O)(O)OCC(COC(=O)CCCCCCCCCCC/C=C\C/C=C\C/C=C\C/C=C\CCCCC)OC(=O)CCCCCCCCC/C=C\C/C=C\C/C=C\CC. The van der Waals surface area contributed by atoms with Crippen molar-refractivity contribution < 1.29 is 75.8 Å². The van der Waals surface area contributed by atoms with E-state index in [0.717, 1.165) is 186 Å². The summed E-state index contributed by atoms with van der Waals surface area (Å²) in [5, 5.41) is 20.7. The molecule has 0 saturated heterocycles. The fraction of sp³-hybridized carbons (Fsp3) is 0.667. The number of aliphatic hydroxyl groups is 2. The fourth-order valence-electron chi connectivity index (χ4n) is 10.6. The van der Waals surface area contributed by atoms with Crippen LogP contribution in [0.25, 0.3) is 0 Å². The third-order valence-corrected chi connectivity index (χ3v) is 18.6. The lowest BCUT2D eigenvalue weighted by atomic mass is 10.1. The van der Waals surface area contributed by atoms with Crippen LogP contribution in [0.15, 0.2) is 158 Å². The highest BCUT2D eigenvalue weighted by atomic mass is 31.2. The highest BCUT2D eigenvalue weighted by Gasteiger charge is 2.29. The Balaban J connectivity index is 4.63. The average Bonchev–Trinajstić information content (AvgIpc) is 0.911. The van der Waals surface area contributed by atoms with Crippen LogP contribution in [0.3, 0.4) is 0 Å². The molecule has 0 saturated carbocycles. The van der Waals surface area contributed by atoms with Crippen molar-refractivity contribution in [2.24, 2.45) is 0 Å². The molecular weight excluding hydrogens is 1360 g/mol. The molecular formula is C87H146O16P2. The van der Waals surface area contributed by atoms with Crippen molar-refractivity contribution in [2.45, 2.75) is 334 Å². The zero-order valence-electron chi connectivity index (χ0n) is 65.6. The van der Waals surface area contributed by atoms with Gasteiger partial charge in [-0.25, -0.2) is 9.13 Å². The molecule has 600 valence electrons. The van der Waals surface area contributed by atoms with Gasteiger partial charge in [-0.15, -0.1) is 0 Å². The number of rotatable bonds is 76. The van der Waals surface area contributed by atoms with Gasteiger partial charge in [-0.05, 0) is 148 Å². The number of allylic oxidation sites excluding steroid dienone is 26. The smallest absolute Gasteiger partial charge is 0.463 e. The lowest BCUT2D eigenvalue weighted by molar-refractivity contribution is -0.161.